The topological polar surface area (TPSA) is 52.0 Å². The van der Waals surface area contributed by atoms with Crippen LogP contribution in [-0.4, -0.2) is 21.9 Å². The van der Waals surface area contributed by atoms with Gasteiger partial charge in [0.1, 0.15) is 18.1 Å². The molecule has 1 aromatic heterocycles. The maximum atomic E-state index is 5.52. The quantitative estimate of drug-likeness (QED) is 0.806. The highest BCUT2D eigenvalue weighted by molar-refractivity contribution is 5.77. The zero-order valence-corrected chi connectivity index (χ0v) is 12.7. The second-order valence-electron chi connectivity index (χ2n) is 5.29. The Labute approximate surface area is 134 Å². The maximum absolute atomic E-state index is 5.52. The molecule has 2 aromatic carbocycles. The molecule has 23 heavy (non-hydrogen) atoms. The number of hydrogen-bond acceptors (Lipinski definition) is 4. The van der Waals surface area contributed by atoms with Gasteiger partial charge in [0.05, 0.1) is 7.11 Å². The van der Waals surface area contributed by atoms with Crippen molar-refractivity contribution in [2.24, 2.45) is 0 Å². The van der Waals surface area contributed by atoms with Crippen LogP contribution in [0.5, 0.6) is 5.75 Å². The summed E-state index contributed by atoms with van der Waals surface area (Å²) in [5, 5.41) is 7.70. The molecular weight excluding hydrogens is 288 g/mol. The van der Waals surface area contributed by atoms with E-state index < -0.39 is 0 Å². The number of hydrogen-bond donors (Lipinski definition) is 1. The summed E-state index contributed by atoms with van der Waals surface area (Å²) < 4.78 is 7.39. The third-order valence-electron chi connectivity index (χ3n) is 3.95. The Bertz CT molecular complexity index is 854. The van der Waals surface area contributed by atoms with Crippen molar-refractivity contribution in [1.29, 1.82) is 0 Å². The van der Waals surface area contributed by atoms with Crippen LogP contribution < -0.4 is 10.1 Å². The molecule has 1 aliphatic rings. The highest BCUT2D eigenvalue weighted by Gasteiger charge is 2.25. The molecule has 0 bridgehead atoms. The van der Waals surface area contributed by atoms with Gasteiger partial charge in [-0.3, -0.25) is 0 Å². The molecule has 0 amide bonds. The Balaban J connectivity index is 1.85. The van der Waals surface area contributed by atoms with E-state index in [0.29, 0.717) is 0 Å². The minimum Gasteiger partial charge on any atom is -0.496 e. The van der Waals surface area contributed by atoms with Gasteiger partial charge in [-0.2, -0.15) is 10.1 Å². The molecule has 0 unspecified atom stereocenters. The van der Waals surface area contributed by atoms with Gasteiger partial charge >= 0.3 is 0 Å². The Kier molecular flexibility index (Phi) is 3.31. The number of benzene rings is 2. The summed E-state index contributed by atoms with van der Waals surface area (Å²) in [5.74, 6) is 1.56. The van der Waals surface area contributed by atoms with Gasteiger partial charge in [0.25, 0.3) is 0 Å². The van der Waals surface area contributed by atoms with Crippen molar-refractivity contribution in [3.05, 3.63) is 78.1 Å². The zero-order chi connectivity index (χ0) is 15.6. The van der Waals surface area contributed by atoms with E-state index >= 15 is 0 Å². The van der Waals surface area contributed by atoms with Gasteiger partial charge in [0.15, 0.2) is 0 Å². The normalized spacial score (nSPS) is 16.2. The first kappa shape index (κ1) is 13.6. The van der Waals surface area contributed by atoms with Crippen molar-refractivity contribution in [1.82, 2.24) is 14.8 Å². The van der Waals surface area contributed by atoms with E-state index in [1.807, 2.05) is 41.1 Å². The van der Waals surface area contributed by atoms with Crippen molar-refractivity contribution >= 4 is 11.6 Å². The Morgan fingerprint density at radius 3 is 2.65 bits per heavy atom. The first-order chi connectivity index (χ1) is 11.4. The maximum Gasteiger partial charge on any atom is 0.226 e. The molecule has 5 nitrogen and oxygen atoms in total. The van der Waals surface area contributed by atoms with Crippen LogP contribution in [0, 0.1) is 0 Å². The van der Waals surface area contributed by atoms with Gasteiger partial charge < -0.3 is 10.1 Å². The Morgan fingerprint density at radius 2 is 1.83 bits per heavy atom. The number of ether oxygens (including phenoxy) is 1. The molecule has 4 rings (SSSR count). The number of allylic oxidation sites excluding steroid dienone is 1. The predicted molar refractivity (Wildman–Crippen MR) is 89.2 cm³/mol. The smallest absolute Gasteiger partial charge is 0.226 e. The monoisotopic (exact) mass is 304 g/mol. The van der Waals surface area contributed by atoms with Gasteiger partial charge in [0.2, 0.25) is 5.95 Å². The molecule has 5 heteroatoms. The minimum atomic E-state index is -0.0693. The van der Waals surface area contributed by atoms with Crippen molar-refractivity contribution in [2.45, 2.75) is 6.04 Å². The zero-order valence-electron chi connectivity index (χ0n) is 12.7. The second-order valence-corrected chi connectivity index (χ2v) is 5.29. The summed E-state index contributed by atoms with van der Waals surface area (Å²) in [5.41, 5.74) is 3.18. The molecular formula is C18H16N4O. The molecule has 0 saturated carbocycles. The summed E-state index contributed by atoms with van der Waals surface area (Å²) >= 11 is 0. The van der Waals surface area contributed by atoms with E-state index in [0.717, 1.165) is 28.5 Å². The van der Waals surface area contributed by atoms with E-state index in [4.69, 9.17) is 4.74 Å². The fraction of sp³-hybridized carbons (Fsp3) is 0.111. The molecule has 0 saturated heterocycles. The third kappa shape index (κ3) is 2.36. The van der Waals surface area contributed by atoms with Gasteiger partial charge in [-0.1, -0.05) is 48.5 Å². The number of rotatable bonds is 3. The van der Waals surface area contributed by atoms with Crippen molar-refractivity contribution in [3.8, 4) is 5.75 Å². The number of anilines is 1. The molecule has 0 spiro atoms. The van der Waals surface area contributed by atoms with E-state index in [-0.39, 0.29) is 6.04 Å². The molecule has 3 aromatic rings. The van der Waals surface area contributed by atoms with E-state index in [9.17, 15) is 0 Å². The van der Waals surface area contributed by atoms with Crippen molar-refractivity contribution < 1.29 is 4.74 Å². The van der Waals surface area contributed by atoms with Crippen molar-refractivity contribution in [3.63, 3.8) is 0 Å². The lowest BCUT2D eigenvalue weighted by Crippen LogP contribution is -2.20. The number of fused-ring (bicyclic) bond motifs is 1. The van der Waals surface area contributed by atoms with Crippen LogP contribution in [0.25, 0.3) is 5.70 Å². The number of para-hydroxylation sites is 1. The SMILES string of the molecule is COc1ccccc1[C@H]1C=C(c2ccccc2)Nc2ncnn21. The first-order valence-corrected chi connectivity index (χ1v) is 7.43. The van der Waals surface area contributed by atoms with Crippen LogP contribution in [-0.2, 0) is 0 Å². The van der Waals surface area contributed by atoms with Gasteiger partial charge in [-0.05, 0) is 17.7 Å². The number of nitrogens with zero attached hydrogens (tertiary/aromatic N) is 3. The van der Waals surface area contributed by atoms with Crippen LogP contribution in [0.4, 0.5) is 5.95 Å². The molecule has 2 heterocycles. The summed E-state index contributed by atoms with van der Waals surface area (Å²) in [6.45, 7) is 0. The molecule has 0 radical (unpaired) electrons. The van der Waals surface area contributed by atoms with Crippen molar-refractivity contribution in [2.75, 3.05) is 12.4 Å². The largest absolute Gasteiger partial charge is 0.496 e. The molecule has 114 valence electrons. The van der Waals surface area contributed by atoms with Crippen LogP contribution in [0.1, 0.15) is 17.2 Å². The van der Waals surface area contributed by atoms with Gasteiger partial charge in [0, 0.05) is 11.3 Å². The predicted octanol–water partition coefficient (Wildman–Crippen LogP) is 3.34. The minimum absolute atomic E-state index is 0.0693. The average Bonchev–Trinajstić information content (AvgIpc) is 3.10. The summed E-state index contributed by atoms with van der Waals surface area (Å²) in [4.78, 5) is 4.32. The summed E-state index contributed by atoms with van der Waals surface area (Å²) in [6, 6.07) is 18.1. The lowest BCUT2D eigenvalue weighted by Gasteiger charge is -2.25. The van der Waals surface area contributed by atoms with Crippen LogP contribution in [0.2, 0.25) is 0 Å². The van der Waals surface area contributed by atoms with Gasteiger partial charge in [-0.15, -0.1) is 0 Å². The second kappa shape index (κ2) is 5.61. The van der Waals surface area contributed by atoms with E-state index in [1.165, 1.54) is 0 Å². The lowest BCUT2D eigenvalue weighted by atomic mass is 10.0. The fourth-order valence-corrected chi connectivity index (χ4v) is 2.85. The molecule has 0 fully saturated rings. The molecule has 1 atom stereocenters. The van der Waals surface area contributed by atoms with Crippen LogP contribution in [0.3, 0.4) is 0 Å². The van der Waals surface area contributed by atoms with E-state index in [2.05, 4.69) is 39.7 Å². The number of methoxy groups -OCH3 is 1. The van der Waals surface area contributed by atoms with Crippen LogP contribution >= 0.6 is 0 Å². The van der Waals surface area contributed by atoms with Crippen LogP contribution in [0.15, 0.2) is 67.0 Å². The number of nitrogens with one attached hydrogen (secondary N) is 1. The molecule has 1 aliphatic heterocycles. The highest BCUT2D eigenvalue weighted by Crippen LogP contribution is 2.35. The number of aromatic nitrogens is 3. The average molecular weight is 304 g/mol. The lowest BCUT2D eigenvalue weighted by molar-refractivity contribution is 0.404. The van der Waals surface area contributed by atoms with E-state index in [1.54, 1.807) is 13.4 Å². The standard InChI is InChI=1S/C18H16N4O/c1-23-17-10-6-5-9-14(17)16-11-15(13-7-3-2-4-8-13)21-18-19-12-20-22(16)18/h2-12,16H,1H3,(H,19,20,21)/t16-/m1/s1. The molecule has 1 N–H and O–H groups in total. The third-order valence-corrected chi connectivity index (χ3v) is 3.95. The summed E-state index contributed by atoms with van der Waals surface area (Å²) in [6.07, 6.45) is 3.71. The Morgan fingerprint density at radius 1 is 1.04 bits per heavy atom. The van der Waals surface area contributed by atoms with Gasteiger partial charge in [-0.25, -0.2) is 4.68 Å². The summed E-state index contributed by atoms with van der Waals surface area (Å²) in [7, 11) is 1.68. The fourth-order valence-electron chi connectivity index (χ4n) is 2.85. The Hall–Kier alpha value is -3.08. The molecule has 0 aliphatic carbocycles. The highest BCUT2D eigenvalue weighted by atomic mass is 16.5. The first-order valence-electron chi connectivity index (χ1n) is 7.43.